The molecule has 3 heterocycles. The third kappa shape index (κ3) is 3.16. The predicted molar refractivity (Wildman–Crippen MR) is 96.3 cm³/mol. The predicted octanol–water partition coefficient (Wildman–Crippen LogP) is 2.75. The number of aromatic nitrogens is 2. The summed E-state index contributed by atoms with van der Waals surface area (Å²) in [6, 6.07) is 10.4. The van der Waals surface area contributed by atoms with E-state index in [-0.39, 0.29) is 11.9 Å². The average Bonchev–Trinajstić information content (AvgIpc) is 3.06. The van der Waals surface area contributed by atoms with Gasteiger partial charge in [-0.15, -0.1) is 0 Å². The van der Waals surface area contributed by atoms with Crippen LogP contribution in [0.1, 0.15) is 52.0 Å². The van der Waals surface area contributed by atoms with Crippen molar-refractivity contribution in [2.24, 2.45) is 0 Å². The van der Waals surface area contributed by atoms with Gasteiger partial charge in [0.1, 0.15) is 11.5 Å². The Morgan fingerprint density at radius 2 is 1.96 bits per heavy atom. The van der Waals surface area contributed by atoms with E-state index in [2.05, 4.69) is 40.1 Å². The summed E-state index contributed by atoms with van der Waals surface area (Å²) in [5, 5.41) is 0. The van der Waals surface area contributed by atoms with Gasteiger partial charge in [0.05, 0.1) is 6.04 Å². The molecule has 2 aliphatic heterocycles. The molecule has 1 atom stereocenters. The summed E-state index contributed by atoms with van der Waals surface area (Å²) >= 11 is 0. The Morgan fingerprint density at radius 1 is 1.16 bits per heavy atom. The third-order valence-corrected chi connectivity index (χ3v) is 5.33. The van der Waals surface area contributed by atoms with Crippen LogP contribution in [0.4, 0.5) is 0 Å². The van der Waals surface area contributed by atoms with Crippen LogP contribution in [0.15, 0.2) is 30.3 Å². The molecule has 1 saturated heterocycles. The SMILES string of the molecule is Cc1cc(C(=O)N2CCc3ccccc3C2)nc(C2CCCN2C)n1. The Kier molecular flexibility index (Phi) is 4.25. The lowest BCUT2D eigenvalue weighted by molar-refractivity contribution is 0.0727. The number of carbonyl (C=O) groups is 1. The van der Waals surface area contributed by atoms with E-state index in [1.54, 1.807) is 0 Å². The van der Waals surface area contributed by atoms with Gasteiger partial charge >= 0.3 is 0 Å². The molecular formula is C20H24N4O. The molecule has 4 rings (SSSR count). The first-order chi connectivity index (χ1) is 12.1. The van der Waals surface area contributed by atoms with Crippen LogP contribution in [0.3, 0.4) is 0 Å². The molecule has 2 aromatic rings. The van der Waals surface area contributed by atoms with Gasteiger partial charge in [-0.05, 0) is 57.0 Å². The highest BCUT2D eigenvalue weighted by Crippen LogP contribution is 2.28. The molecular weight excluding hydrogens is 312 g/mol. The van der Waals surface area contributed by atoms with Gasteiger partial charge in [-0.25, -0.2) is 9.97 Å². The van der Waals surface area contributed by atoms with Gasteiger partial charge in [-0.1, -0.05) is 24.3 Å². The van der Waals surface area contributed by atoms with Crippen molar-refractivity contribution in [3.63, 3.8) is 0 Å². The number of likely N-dealkylation sites (tertiary alicyclic amines) is 1. The standard InChI is InChI=1S/C20H24N4O/c1-14-12-17(22-19(21-14)18-8-5-10-23(18)2)20(25)24-11-9-15-6-3-4-7-16(15)13-24/h3-4,6-7,12,18H,5,8-11,13H2,1-2H3. The number of aryl methyl sites for hydroxylation is 1. The zero-order chi connectivity index (χ0) is 17.4. The first-order valence-corrected chi connectivity index (χ1v) is 9.03. The number of rotatable bonds is 2. The molecule has 5 nitrogen and oxygen atoms in total. The van der Waals surface area contributed by atoms with Crippen LogP contribution in [-0.2, 0) is 13.0 Å². The van der Waals surface area contributed by atoms with E-state index >= 15 is 0 Å². The lowest BCUT2D eigenvalue weighted by Crippen LogP contribution is -2.36. The minimum atomic E-state index is 0.0157. The zero-order valence-corrected chi connectivity index (χ0v) is 14.9. The first-order valence-electron chi connectivity index (χ1n) is 9.03. The molecule has 1 unspecified atom stereocenters. The Bertz CT molecular complexity index is 804. The number of hydrogen-bond donors (Lipinski definition) is 0. The van der Waals surface area contributed by atoms with E-state index < -0.39 is 0 Å². The number of nitrogens with zero attached hydrogens (tertiary/aromatic N) is 4. The number of amides is 1. The number of hydrogen-bond acceptors (Lipinski definition) is 4. The third-order valence-electron chi connectivity index (χ3n) is 5.33. The summed E-state index contributed by atoms with van der Waals surface area (Å²) in [6.45, 7) is 4.42. The van der Waals surface area contributed by atoms with Gasteiger partial charge in [-0.3, -0.25) is 9.69 Å². The summed E-state index contributed by atoms with van der Waals surface area (Å²) in [5.74, 6) is 0.808. The fourth-order valence-electron chi connectivity index (χ4n) is 3.92. The van der Waals surface area contributed by atoms with Crippen molar-refractivity contribution < 1.29 is 4.79 Å². The van der Waals surface area contributed by atoms with Crippen LogP contribution in [0.2, 0.25) is 0 Å². The van der Waals surface area contributed by atoms with Gasteiger partial charge in [0, 0.05) is 18.8 Å². The summed E-state index contributed by atoms with van der Waals surface area (Å²) in [7, 11) is 2.10. The van der Waals surface area contributed by atoms with E-state index in [1.165, 1.54) is 11.1 Å². The molecule has 2 aliphatic rings. The van der Waals surface area contributed by atoms with Crippen molar-refractivity contribution in [1.29, 1.82) is 0 Å². The quantitative estimate of drug-likeness (QED) is 0.846. The van der Waals surface area contributed by atoms with Gasteiger partial charge in [-0.2, -0.15) is 0 Å². The maximum Gasteiger partial charge on any atom is 0.272 e. The van der Waals surface area contributed by atoms with Crippen molar-refractivity contribution in [2.45, 2.75) is 38.8 Å². The second-order valence-electron chi connectivity index (χ2n) is 7.14. The van der Waals surface area contributed by atoms with E-state index in [1.807, 2.05) is 24.0 Å². The van der Waals surface area contributed by atoms with Crippen LogP contribution in [0, 0.1) is 6.92 Å². The number of fused-ring (bicyclic) bond motifs is 1. The second-order valence-corrected chi connectivity index (χ2v) is 7.14. The van der Waals surface area contributed by atoms with Crippen molar-refractivity contribution in [2.75, 3.05) is 20.1 Å². The van der Waals surface area contributed by atoms with Gasteiger partial charge in [0.2, 0.25) is 0 Å². The molecule has 0 aliphatic carbocycles. The fraction of sp³-hybridized carbons (Fsp3) is 0.450. The van der Waals surface area contributed by atoms with Crippen LogP contribution >= 0.6 is 0 Å². The molecule has 0 bridgehead atoms. The van der Waals surface area contributed by atoms with Crippen molar-refractivity contribution >= 4 is 5.91 Å². The van der Waals surface area contributed by atoms with Crippen molar-refractivity contribution in [1.82, 2.24) is 19.8 Å². The summed E-state index contributed by atoms with van der Waals surface area (Å²) < 4.78 is 0. The lowest BCUT2D eigenvalue weighted by atomic mass is 10.00. The molecule has 25 heavy (non-hydrogen) atoms. The molecule has 1 aromatic carbocycles. The summed E-state index contributed by atoms with van der Waals surface area (Å²) in [6.07, 6.45) is 3.12. The van der Waals surface area contributed by atoms with E-state index in [0.717, 1.165) is 43.9 Å². The van der Waals surface area contributed by atoms with Crippen LogP contribution in [-0.4, -0.2) is 45.8 Å². The number of carbonyl (C=O) groups excluding carboxylic acids is 1. The van der Waals surface area contributed by atoms with Gasteiger partial charge in [0.15, 0.2) is 0 Å². The van der Waals surface area contributed by atoms with Crippen LogP contribution in [0.5, 0.6) is 0 Å². The topological polar surface area (TPSA) is 49.3 Å². The van der Waals surface area contributed by atoms with E-state index in [4.69, 9.17) is 0 Å². The molecule has 1 amide bonds. The smallest absolute Gasteiger partial charge is 0.272 e. The lowest BCUT2D eigenvalue weighted by Gasteiger charge is -2.29. The highest BCUT2D eigenvalue weighted by molar-refractivity contribution is 5.92. The molecule has 0 N–H and O–H groups in total. The molecule has 1 aromatic heterocycles. The van der Waals surface area contributed by atoms with Crippen LogP contribution < -0.4 is 0 Å². The molecule has 130 valence electrons. The first kappa shape index (κ1) is 16.2. The highest BCUT2D eigenvalue weighted by Gasteiger charge is 2.28. The van der Waals surface area contributed by atoms with Crippen molar-refractivity contribution in [3.8, 4) is 0 Å². The largest absolute Gasteiger partial charge is 0.333 e. The summed E-state index contributed by atoms with van der Waals surface area (Å²) in [4.78, 5) is 26.5. The molecule has 5 heteroatoms. The molecule has 0 spiro atoms. The average molecular weight is 336 g/mol. The maximum atomic E-state index is 13.0. The number of benzene rings is 1. The summed E-state index contributed by atoms with van der Waals surface area (Å²) in [5.41, 5.74) is 3.98. The Labute approximate surface area is 148 Å². The fourth-order valence-corrected chi connectivity index (χ4v) is 3.92. The Morgan fingerprint density at radius 3 is 2.72 bits per heavy atom. The molecule has 1 fully saturated rings. The highest BCUT2D eigenvalue weighted by atomic mass is 16.2. The Hall–Kier alpha value is -2.27. The molecule has 0 saturated carbocycles. The van der Waals surface area contributed by atoms with E-state index in [0.29, 0.717) is 12.2 Å². The van der Waals surface area contributed by atoms with Crippen molar-refractivity contribution in [3.05, 3.63) is 58.7 Å². The minimum absolute atomic E-state index is 0.0157. The van der Waals surface area contributed by atoms with Gasteiger partial charge in [0.25, 0.3) is 5.91 Å². The minimum Gasteiger partial charge on any atom is -0.333 e. The Balaban J connectivity index is 1.59. The van der Waals surface area contributed by atoms with E-state index in [9.17, 15) is 4.79 Å². The normalized spacial score (nSPS) is 20.6. The van der Waals surface area contributed by atoms with Crippen LogP contribution in [0.25, 0.3) is 0 Å². The molecule has 0 radical (unpaired) electrons. The monoisotopic (exact) mass is 336 g/mol. The maximum absolute atomic E-state index is 13.0. The zero-order valence-electron chi connectivity index (χ0n) is 14.9. The second kappa shape index (κ2) is 6.56. The van der Waals surface area contributed by atoms with Gasteiger partial charge < -0.3 is 4.90 Å².